The van der Waals surface area contributed by atoms with Crippen LogP contribution in [0.5, 0.6) is 0 Å². The molecule has 0 atom stereocenters. The third-order valence-corrected chi connectivity index (χ3v) is 3.99. The molecule has 8 nitrogen and oxygen atoms in total. The van der Waals surface area contributed by atoms with E-state index in [0.717, 1.165) is 28.8 Å². The number of pyridine rings is 1. The lowest BCUT2D eigenvalue weighted by Crippen LogP contribution is -2.34. The molecule has 0 radical (unpaired) electrons. The number of aromatic nitrogens is 1. The van der Waals surface area contributed by atoms with Crippen molar-refractivity contribution in [3.05, 3.63) is 73.7 Å². The van der Waals surface area contributed by atoms with Gasteiger partial charge in [-0.1, -0.05) is 31.2 Å². The molecule has 0 N–H and O–H groups in total. The van der Waals surface area contributed by atoms with E-state index in [1.165, 1.54) is 10.5 Å². The van der Waals surface area contributed by atoms with Gasteiger partial charge in [-0.3, -0.25) is 24.3 Å². The summed E-state index contributed by atoms with van der Waals surface area (Å²) >= 11 is 0. The predicted molar refractivity (Wildman–Crippen MR) is 94.4 cm³/mol. The van der Waals surface area contributed by atoms with Crippen molar-refractivity contribution in [2.45, 2.75) is 26.4 Å². The number of carbonyl (C=O) groups is 1. The van der Waals surface area contributed by atoms with E-state index in [1.807, 2.05) is 24.3 Å². The SMILES string of the molecule is CCc1ccc(CN(C)C(=O)Cn2cc([N+](=O)[O-])cc(C#N)c2=O)cc1. The Balaban J connectivity index is 2.18. The predicted octanol–water partition coefficient (Wildman–Crippen LogP) is 1.85. The molecule has 0 aliphatic rings. The van der Waals surface area contributed by atoms with Crippen molar-refractivity contribution in [2.75, 3.05) is 7.05 Å². The van der Waals surface area contributed by atoms with Crippen LogP contribution in [0.1, 0.15) is 23.6 Å². The van der Waals surface area contributed by atoms with Gasteiger partial charge in [-0.15, -0.1) is 0 Å². The Morgan fingerprint density at radius 1 is 1.31 bits per heavy atom. The first-order valence-corrected chi connectivity index (χ1v) is 7.96. The fraction of sp³-hybridized carbons (Fsp3) is 0.278. The number of hydrogen-bond donors (Lipinski definition) is 0. The Labute approximate surface area is 150 Å². The molecule has 0 spiro atoms. The largest absolute Gasteiger partial charge is 0.340 e. The molecule has 0 aliphatic carbocycles. The normalized spacial score (nSPS) is 10.2. The molecule has 8 heteroatoms. The zero-order valence-electron chi connectivity index (χ0n) is 14.5. The number of nitro groups is 1. The molecule has 1 heterocycles. The van der Waals surface area contributed by atoms with Crippen LogP contribution in [-0.4, -0.2) is 27.3 Å². The number of nitrogens with zero attached hydrogens (tertiary/aromatic N) is 4. The summed E-state index contributed by atoms with van der Waals surface area (Å²) in [7, 11) is 1.59. The van der Waals surface area contributed by atoms with Gasteiger partial charge in [-0.2, -0.15) is 5.26 Å². The second-order valence-corrected chi connectivity index (χ2v) is 5.83. The highest BCUT2D eigenvalue weighted by Gasteiger charge is 2.17. The standard InChI is InChI=1S/C18H18N4O4/c1-3-13-4-6-14(7-5-13)10-20(2)17(23)12-21-11-16(22(25)26)8-15(9-19)18(21)24/h4-8,11H,3,10,12H2,1-2H3. The van der Waals surface area contributed by atoms with Crippen LogP contribution in [0.2, 0.25) is 0 Å². The zero-order chi connectivity index (χ0) is 19.3. The molecule has 26 heavy (non-hydrogen) atoms. The van der Waals surface area contributed by atoms with Crippen LogP contribution in [0.25, 0.3) is 0 Å². The van der Waals surface area contributed by atoms with Crippen molar-refractivity contribution in [3.8, 4) is 6.07 Å². The lowest BCUT2D eigenvalue weighted by atomic mass is 10.1. The molecule has 1 aromatic carbocycles. The summed E-state index contributed by atoms with van der Waals surface area (Å²) < 4.78 is 0.899. The van der Waals surface area contributed by atoms with E-state index in [2.05, 4.69) is 6.92 Å². The summed E-state index contributed by atoms with van der Waals surface area (Å²) in [6.45, 7) is 2.02. The number of amides is 1. The van der Waals surface area contributed by atoms with Crippen molar-refractivity contribution in [1.82, 2.24) is 9.47 Å². The molecule has 0 unspecified atom stereocenters. The van der Waals surface area contributed by atoms with Gasteiger partial charge in [0.25, 0.3) is 11.2 Å². The summed E-state index contributed by atoms with van der Waals surface area (Å²) in [4.78, 5) is 36.1. The monoisotopic (exact) mass is 354 g/mol. The van der Waals surface area contributed by atoms with Gasteiger partial charge in [0, 0.05) is 19.7 Å². The van der Waals surface area contributed by atoms with E-state index in [4.69, 9.17) is 5.26 Å². The number of nitriles is 1. The number of hydrogen-bond acceptors (Lipinski definition) is 5. The van der Waals surface area contributed by atoms with Crippen molar-refractivity contribution in [3.63, 3.8) is 0 Å². The lowest BCUT2D eigenvalue weighted by Gasteiger charge is -2.18. The van der Waals surface area contributed by atoms with Crippen molar-refractivity contribution >= 4 is 11.6 Å². The molecule has 0 saturated carbocycles. The molecular formula is C18H18N4O4. The number of carbonyl (C=O) groups excluding carboxylic acids is 1. The van der Waals surface area contributed by atoms with Crippen LogP contribution in [0.4, 0.5) is 5.69 Å². The van der Waals surface area contributed by atoms with Gasteiger partial charge < -0.3 is 4.90 Å². The first-order chi connectivity index (χ1) is 12.3. The van der Waals surface area contributed by atoms with Gasteiger partial charge in [0.1, 0.15) is 18.2 Å². The number of likely N-dealkylation sites (N-methyl/N-ethyl adjacent to an activating group) is 1. The minimum Gasteiger partial charge on any atom is -0.340 e. The van der Waals surface area contributed by atoms with Gasteiger partial charge in [0.15, 0.2) is 0 Å². The number of benzene rings is 1. The van der Waals surface area contributed by atoms with Gasteiger partial charge in [-0.25, -0.2) is 0 Å². The number of rotatable bonds is 6. The molecule has 1 amide bonds. The maximum absolute atomic E-state index is 12.4. The van der Waals surface area contributed by atoms with Crippen LogP contribution < -0.4 is 5.56 Å². The molecule has 0 saturated heterocycles. The van der Waals surface area contributed by atoms with Crippen LogP contribution in [-0.2, 0) is 24.3 Å². The second-order valence-electron chi connectivity index (χ2n) is 5.83. The summed E-state index contributed by atoms with van der Waals surface area (Å²) in [5.74, 6) is -0.393. The first-order valence-electron chi connectivity index (χ1n) is 7.96. The summed E-state index contributed by atoms with van der Waals surface area (Å²) in [5, 5.41) is 19.9. The average molecular weight is 354 g/mol. The Morgan fingerprint density at radius 3 is 2.46 bits per heavy atom. The molecule has 0 aliphatic heterocycles. The molecular weight excluding hydrogens is 336 g/mol. The van der Waals surface area contributed by atoms with Gasteiger partial charge in [-0.05, 0) is 17.5 Å². The minimum atomic E-state index is -0.729. The van der Waals surface area contributed by atoms with E-state index in [-0.39, 0.29) is 12.1 Å². The smallest absolute Gasteiger partial charge is 0.287 e. The Hall–Kier alpha value is -3.47. The molecule has 1 aromatic heterocycles. The molecule has 2 aromatic rings. The number of aryl methyl sites for hydroxylation is 1. The highest BCUT2D eigenvalue weighted by molar-refractivity contribution is 5.75. The maximum atomic E-state index is 12.4. The third kappa shape index (κ3) is 4.33. The summed E-state index contributed by atoms with van der Waals surface area (Å²) in [6, 6.07) is 10.3. The first kappa shape index (κ1) is 18.9. The van der Waals surface area contributed by atoms with E-state index in [9.17, 15) is 19.7 Å². The van der Waals surface area contributed by atoms with Crippen LogP contribution >= 0.6 is 0 Å². The Kier molecular flexibility index (Phi) is 5.86. The average Bonchev–Trinajstić information content (AvgIpc) is 2.63. The third-order valence-electron chi connectivity index (χ3n) is 3.99. The quantitative estimate of drug-likeness (QED) is 0.581. The summed E-state index contributed by atoms with van der Waals surface area (Å²) in [6.07, 6.45) is 1.90. The van der Waals surface area contributed by atoms with Crippen molar-refractivity contribution < 1.29 is 9.72 Å². The lowest BCUT2D eigenvalue weighted by molar-refractivity contribution is -0.385. The molecule has 2 rings (SSSR count). The van der Waals surface area contributed by atoms with Crippen molar-refractivity contribution in [1.29, 1.82) is 5.26 Å². The highest BCUT2D eigenvalue weighted by atomic mass is 16.6. The van der Waals surface area contributed by atoms with Crippen LogP contribution in [0.3, 0.4) is 0 Å². The fourth-order valence-electron chi connectivity index (χ4n) is 2.43. The highest BCUT2D eigenvalue weighted by Crippen LogP contribution is 2.11. The van der Waals surface area contributed by atoms with Crippen molar-refractivity contribution in [2.24, 2.45) is 0 Å². The van der Waals surface area contributed by atoms with E-state index in [1.54, 1.807) is 13.1 Å². The summed E-state index contributed by atoms with van der Waals surface area (Å²) in [5.41, 5.74) is 0.612. The zero-order valence-corrected chi connectivity index (χ0v) is 14.5. The van der Waals surface area contributed by atoms with Crippen LogP contribution in [0.15, 0.2) is 41.3 Å². The fourth-order valence-corrected chi connectivity index (χ4v) is 2.43. The molecule has 0 bridgehead atoms. The second kappa shape index (κ2) is 8.07. The van der Waals surface area contributed by atoms with Gasteiger partial charge in [0.2, 0.25) is 5.91 Å². The van der Waals surface area contributed by atoms with Crippen LogP contribution in [0, 0.1) is 21.4 Å². The van der Waals surface area contributed by atoms with E-state index in [0.29, 0.717) is 6.54 Å². The maximum Gasteiger partial charge on any atom is 0.287 e. The van der Waals surface area contributed by atoms with E-state index >= 15 is 0 Å². The van der Waals surface area contributed by atoms with Gasteiger partial charge in [0.05, 0.1) is 11.1 Å². The van der Waals surface area contributed by atoms with E-state index < -0.39 is 22.1 Å². The topological polar surface area (TPSA) is 109 Å². The molecule has 134 valence electrons. The van der Waals surface area contributed by atoms with Gasteiger partial charge >= 0.3 is 0 Å². The molecule has 0 fully saturated rings. The minimum absolute atomic E-state index is 0.345. The Morgan fingerprint density at radius 2 is 1.92 bits per heavy atom. The Bertz CT molecular complexity index is 926.